The Morgan fingerprint density at radius 3 is 1.95 bits per heavy atom. The highest BCUT2D eigenvalue weighted by Crippen LogP contribution is 2.29. The van der Waals surface area contributed by atoms with Crippen molar-refractivity contribution < 1.29 is 0 Å². The van der Waals surface area contributed by atoms with Gasteiger partial charge in [-0.3, -0.25) is 0 Å². The van der Waals surface area contributed by atoms with Gasteiger partial charge in [0.15, 0.2) is 0 Å². The van der Waals surface area contributed by atoms with E-state index in [0.717, 1.165) is 5.92 Å². The SMILES string of the molecule is CC(C)CCc1cccc(N([Si](C)(C)C)[Si](C)(C)C)c1. The molecule has 0 heterocycles. The lowest BCUT2D eigenvalue weighted by atomic mass is 10.0. The van der Waals surface area contributed by atoms with Crippen molar-refractivity contribution in [3.8, 4) is 0 Å². The number of rotatable bonds is 6. The summed E-state index contributed by atoms with van der Waals surface area (Å²) < 4.78 is 2.80. The predicted octanol–water partition coefficient (Wildman–Crippen LogP) is 5.75. The number of benzene rings is 1. The van der Waals surface area contributed by atoms with Gasteiger partial charge in [-0.25, -0.2) is 0 Å². The summed E-state index contributed by atoms with van der Waals surface area (Å²) in [5, 5.41) is 0. The lowest BCUT2D eigenvalue weighted by molar-refractivity contribution is 0.587. The molecule has 0 radical (unpaired) electrons. The molecule has 0 N–H and O–H groups in total. The van der Waals surface area contributed by atoms with Gasteiger partial charge in [0, 0.05) is 5.69 Å². The highest BCUT2D eigenvalue weighted by molar-refractivity contribution is 6.99. The second kappa shape index (κ2) is 6.48. The van der Waals surface area contributed by atoms with E-state index in [9.17, 15) is 0 Å². The molecule has 1 nitrogen and oxygen atoms in total. The van der Waals surface area contributed by atoms with Crippen molar-refractivity contribution in [3.05, 3.63) is 29.8 Å². The van der Waals surface area contributed by atoms with Gasteiger partial charge in [-0.15, -0.1) is 0 Å². The summed E-state index contributed by atoms with van der Waals surface area (Å²) in [5.41, 5.74) is 2.96. The van der Waals surface area contributed by atoms with Gasteiger partial charge >= 0.3 is 0 Å². The molecular weight excluding hydrogens is 274 g/mol. The maximum atomic E-state index is 2.80. The molecule has 0 aromatic heterocycles. The predicted molar refractivity (Wildman–Crippen MR) is 98.8 cm³/mol. The van der Waals surface area contributed by atoms with Gasteiger partial charge in [-0.2, -0.15) is 0 Å². The van der Waals surface area contributed by atoms with Crippen LogP contribution in [0.4, 0.5) is 5.69 Å². The molecule has 1 rings (SSSR count). The summed E-state index contributed by atoms with van der Waals surface area (Å²) in [4.78, 5) is 0. The Bertz CT molecular complexity index is 413. The van der Waals surface area contributed by atoms with E-state index in [1.807, 2.05) is 0 Å². The topological polar surface area (TPSA) is 3.24 Å². The number of aryl methyl sites for hydroxylation is 1. The van der Waals surface area contributed by atoms with Crippen molar-refractivity contribution in [2.24, 2.45) is 5.92 Å². The van der Waals surface area contributed by atoms with Crippen molar-refractivity contribution in [1.82, 2.24) is 0 Å². The van der Waals surface area contributed by atoms with Crippen LogP contribution in [0.2, 0.25) is 39.3 Å². The van der Waals surface area contributed by atoms with Crippen LogP contribution in [0.5, 0.6) is 0 Å². The second-order valence-electron chi connectivity index (χ2n) is 8.28. The van der Waals surface area contributed by atoms with Gasteiger partial charge in [0.25, 0.3) is 0 Å². The molecule has 1 aromatic carbocycles. The van der Waals surface area contributed by atoms with Gasteiger partial charge in [-0.05, 0) is 36.5 Å². The minimum absolute atomic E-state index is 0.781. The molecule has 114 valence electrons. The molecule has 1 aromatic rings. The summed E-state index contributed by atoms with van der Waals surface area (Å²) in [7, 11) is -2.67. The molecule has 0 fully saturated rings. The molecule has 0 amide bonds. The Kier molecular flexibility index (Phi) is 5.67. The van der Waals surface area contributed by atoms with Gasteiger partial charge in [0.1, 0.15) is 16.5 Å². The van der Waals surface area contributed by atoms with E-state index in [-0.39, 0.29) is 0 Å². The Hall–Kier alpha value is -0.546. The molecule has 0 atom stereocenters. The van der Waals surface area contributed by atoms with Gasteiger partial charge in [-0.1, -0.05) is 65.3 Å². The van der Waals surface area contributed by atoms with E-state index >= 15 is 0 Å². The Labute approximate surface area is 128 Å². The Balaban J connectivity index is 3.07. The van der Waals surface area contributed by atoms with Crippen LogP contribution in [0.1, 0.15) is 25.8 Å². The van der Waals surface area contributed by atoms with Crippen LogP contribution in [0, 0.1) is 5.92 Å². The maximum absolute atomic E-state index is 2.80. The number of hydrogen-bond acceptors (Lipinski definition) is 1. The monoisotopic (exact) mass is 307 g/mol. The van der Waals surface area contributed by atoms with E-state index in [0.29, 0.717) is 0 Å². The van der Waals surface area contributed by atoms with Gasteiger partial charge < -0.3 is 4.23 Å². The van der Waals surface area contributed by atoms with E-state index in [1.165, 1.54) is 24.1 Å². The molecule has 0 aliphatic rings. The molecule has 0 saturated heterocycles. The number of anilines is 1. The zero-order chi connectivity index (χ0) is 15.6. The van der Waals surface area contributed by atoms with Crippen LogP contribution < -0.4 is 4.23 Å². The highest BCUT2D eigenvalue weighted by Gasteiger charge is 2.34. The third kappa shape index (κ3) is 5.09. The second-order valence-corrected chi connectivity index (χ2v) is 18.3. The number of hydrogen-bond donors (Lipinski definition) is 0. The average molecular weight is 308 g/mol. The summed E-state index contributed by atoms with van der Waals surface area (Å²) >= 11 is 0. The average Bonchev–Trinajstić information content (AvgIpc) is 2.22. The van der Waals surface area contributed by atoms with E-state index in [1.54, 1.807) is 0 Å². The highest BCUT2D eigenvalue weighted by atomic mass is 28.4. The first kappa shape index (κ1) is 17.5. The third-order valence-electron chi connectivity index (χ3n) is 3.52. The van der Waals surface area contributed by atoms with E-state index < -0.39 is 16.5 Å². The van der Waals surface area contributed by atoms with Crippen LogP contribution >= 0.6 is 0 Å². The molecule has 0 aliphatic carbocycles. The fraction of sp³-hybridized carbons (Fsp3) is 0.647. The first-order valence-corrected chi connectivity index (χ1v) is 14.8. The Morgan fingerprint density at radius 2 is 1.50 bits per heavy atom. The van der Waals surface area contributed by atoms with E-state index in [2.05, 4.69) is 81.6 Å². The summed E-state index contributed by atoms with van der Waals surface area (Å²) in [5.74, 6) is 0.781. The van der Waals surface area contributed by atoms with Crippen LogP contribution in [0.15, 0.2) is 24.3 Å². The normalized spacial score (nSPS) is 12.8. The summed E-state index contributed by atoms with van der Waals surface area (Å²) in [6, 6.07) is 9.30. The fourth-order valence-electron chi connectivity index (χ4n) is 3.09. The smallest absolute Gasteiger partial charge is 0.138 e. The van der Waals surface area contributed by atoms with Crippen molar-refractivity contribution in [2.75, 3.05) is 4.23 Å². The lowest BCUT2D eigenvalue weighted by Crippen LogP contribution is -2.59. The first-order chi connectivity index (χ1) is 9.01. The summed E-state index contributed by atoms with van der Waals surface area (Å²) in [6.45, 7) is 19.4. The van der Waals surface area contributed by atoms with Crippen molar-refractivity contribution >= 4 is 22.2 Å². The van der Waals surface area contributed by atoms with Gasteiger partial charge in [0.2, 0.25) is 0 Å². The molecule has 0 saturated carbocycles. The van der Waals surface area contributed by atoms with Crippen molar-refractivity contribution in [1.29, 1.82) is 0 Å². The minimum Gasteiger partial charge on any atom is -0.425 e. The summed E-state index contributed by atoms with van der Waals surface area (Å²) in [6.07, 6.45) is 2.49. The molecule has 3 heteroatoms. The van der Waals surface area contributed by atoms with Crippen LogP contribution in [0.3, 0.4) is 0 Å². The molecule has 0 bridgehead atoms. The number of nitrogens with zero attached hydrogens (tertiary/aromatic N) is 1. The zero-order valence-electron chi connectivity index (χ0n) is 14.7. The molecule has 0 aliphatic heterocycles. The lowest BCUT2D eigenvalue weighted by Gasteiger charge is -2.46. The molecule has 0 spiro atoms. The molecular formula is C17H33NSi2. The zero-order valence-corrected chi connectivity index (χ0v) is 16.7. The van der Waals surface area contributed by atoms with Crippen LogP contribution in [0.25, 0.3) is 0 Å². The maximum Gasteiger partial charge on any atom is 0.138 e. The van der Waals surface area contributed by atoms with Crippen LogP contribution in [-0.4, -0.2) is 16.5 Å². The minimum atomic E-state index is -1.34. The standard InChI is InChI=1S/C17H33NSi2/c1-15(2)12-13-16-10-9-11-17(14-16)18(19(3,4)5)20(6,7)8/h9-11,14-15H,12-13H2,1-8H3. The fourth-order valence-corrected chi connectivity index (χ4v) is 13.0. The van der Waals surface area contributed by atoms with E-state index in [4.69, 9.17) is 0 Å². The largest absolute Gasteiger partial charge is 0.425 e. The molecule has 20 heavy (non-hydrogen) atoms. The molecule has 0 unspecified atom stereocenters. The van der Waals surface area contributed by atoms with Gasteiger partial charge in [0.05, 0.1) is 0 Å². The first-order valence-electron chi connectivity index (χ1n) is 7.91. The van der Waals surface area contributed by atoms with Crippen molar-refractivity contribution in [2.45, 2.75) is 66.0 Å². The third-order valence-corrected chi connectivity index (χ3v) is 10.7. The van der Waals surface area contributed by atoms with Crippen LogP contribution in [-0.2, 0) is 6.42 Å². The van der Waals surface area contributed by atoms with Crippen molar-refractivity contribution in [3.63, 3.8) is 0 Å². The Morgan fingerprint density at radius 1 is 0.950 bits per heavy atom. The quantitative estimate of drug-likeness (QED) is 0.605.